The quantitative estimate of drug-likeness (QED) is 0.319. The highest BCUT2D eigenvalue weighted by Gasteiger charge is 2.35. The van der Waals surface area contributed by atoms with Gasteiger partial charge in [0.05, 0.1) is 27.1 Å². The summed E-state index contributed by atoms with van der Waals surface area (Å²) in [6, 6.07) is 21.3. The third-order valence-corrected chi connectivity index (χ3v) is 7.04. The van der Waals surface area contributed by atoms with Crippen LogP contribution < -0.4 is 0 Å². The molecular weight excluding hydrogens is 469 g/mol. The molecule has 4 aromatic rings. The number of aryl methyl sites for hydroxylation is 1. The van der Waals surface area contributed by atoms with E-state index in [2.05, 4.69) is 46.4 Å². The van der Waals surface area contributed by atoms with E-state index in [9.17, 15) is 9.59 Å². The van der Waals surface area contributed by atoms with Crippen LogP contribution in [-0.2, 0) is 11.2 Å². The van der Waals surface area contributed by atoms with E-state index in [1.54, 1.807) is 17.0 Å². The number of nitrogens with zero attached hydrogens (tertiary/aromatic N) is 2. The van der Waals surface area contributed by atoms with Crippen molar-refractivity contribution in [3.8, 4) is 11.1 Å². The predicted octanol–water partition coefficient (Wildman–Crippen LogP) is 6.34. The van der Waals surface area contributed by atoms with Crippen molar-refractivity contribution < 1.29 is 9.59 Å². The number of hydrogen-bond donors (Lipinski definition) is 1. The van der Waals surface area contributed by atoms with Gasteiger partial charge in [-0.1, -0.05) is 77.8 Å². The fourth-order valence-corrected chi connectivity index (χ4v) is 4.83. The fraction of sp³-hybridized carbons (Fsp3) is 0.222. The van der Waals surface area contributed by atoms with Crippen molar-refractivity contribution in [2.45, 2.75) is 31.7 Å². The molecule has 1 atom stereocenters. The first-order chi connectivity index (χ1) is 16.5. The van der Waals surface area contributed by atoms with E-state index in [1.807, 2.05) is 18.2 Å². The van der Waals surface area contributed by atoms with Gasteiger partial charge in [-0.15, -0.1) is 0 Å². The smallest absolute Gasteiger partial charge is 0.223 e. The lowest BCUT2D eigenvalue weighted by Gasteiger charge is -2.23. The second-order valence-electron chi connectivity index (χ2n) is 8.54. The molecule has 5 rings (SSSR count). The molecule has 1 aliphatic rings. The van der Waals surface area contributed by atoms with E-state index in [0.29, 0.717) is 46.9 Å². The van der Waals surface area contributed by atoms with Crippen molar-refractivity contribution in [2.24, 2.45) is 0 Å². The van der Waals surface area contributed by atoms with E-state index in [4.69, 9.17) is 23.2 Å². The maximum Gasteiger partial charge on any atom is 0.223 e. The zero-order chi connectivity index (χ0) is 23.7. The van der Waals surface area contributed by atoms with Crippen molar-refractivity contribution in [3.63, 3.8) is 0 Å². The number of ketones is 1. The Kier molecular flexibility index (Phi) is 6.40. The van der Waals surface area contributed by atoms with Crippen LogP contribution >= 0.6 is 23.2 Å². The molecule has 1 amide bonds. The molecule has 0 aliphatic carbocycles. The topological polar surface area (TPSA) is 66.1 Å². The van der Waals surface area contributed by atoms with E-state index < -0.39 is 6.04 Å². The second kappa shape index (κ2) is 9.61. The van der Waals surface area contributed by atoms with E-state index in [0.717, 1.165) is 17.5 Å². The first kappa shape index (κ1) is 22.6. The summed E-state index contributed by atoms with van der Waals surface area (Å²) < 4.78 is 0. The Bertz CT molecular complexity index is 1310. The Labute approximate surface area is 207 Å². The van der Waals surface area contributed by atoms with Gasteiger partial charge >= 0.3 is 0 Å². The molecule has 1 N–H and O–H groups in total. The molecule has 1 aliphatic heterocycles. The number of amides is 1. The van der Waals surface area contributed by atoms with Gasteiger partial charge in [0.25, 0.3) is 0 Å². The Morgan fingerprint density at radius 1 is 0.971 bits per heavy atom. The maximum atomic E-state index is 13.2. The van der Waals surface area contributed by atoms with Gasteiger partial charge in [-0.2, -0.15) is 0 Å². The number of rotatable bonds is 6. The average molecular weight is 492 g/mol. The molecule has 0 spiro atoms. The standard InChI is InChI=1S/C27H23Cl2N3O2/c28-20-15-22-23(16-21(20)29)31-27(30-22)26(34)24-7-4-14-32(24)25(33)13-10-17-8-11-19(12-9-17)18-5-2-1-3-6-18/h1-3,5-6,8-9,11-12,15-16,24H,4,7,10,13-14H2,(H,30,31)/t24-/m0/s1. The minimum Gasteiger partial charge on any atom is -0.335 e. The molecule has 1 fully saturated rings. The first-order valence-electron chi connectivity index (χ1n) is 11.3. The molecule has 0 saturated carbocycles. The number of nitrogens with one attached hydrogen (secondary N) is 1. The zero-order valence-corrected chi connectivity index (χ0v) is 19.9. The van der Waals surface area contributed by atoms with Crippen LogP contribution in [0.15, 0.2) is 66.7 Å². The largest absolute Gasteiger partial charge is 0.335 e. The Balaban J connectivity index is 1.24. The van der Waals surface area contributed by atoms with E-state index in [1.165, 1.54) is 5.56 Å². The fourth-order valence-electron chi connectivity index (χ4n) is 4.51. The van der Waals surface area contributed by atoms with Gasteiger partial charge in [-0.25, -0.2) is 4.98 Å². The van der Waals surface area contributed by atoms with E-state index >= 15 is 0 Å². The highest BCUT2D eigenvalue weighted by Crippen LogP contribution is 2.28. The summed E-state index contributed by atoms with van der Waals surface area (Å²) in [4.78, 5) is 35.3. The summed E-state index contributed by atoms with van der Waals surface area (Å²) in [6.45, 7) is 0.583. The van der Waals surface area contributed by atoms with Gasteiger partial charge in [0, 0.05) is 13.0 Å². The average Bonchev–Trinajstić information content (AvgIpc) is 3.51. The highest BCUT2D eigenvalue weighted by molar-refractivity contribution is 6.42. The number of imidazole rings is 1. The number of carbonyl (C=O) groups excluding carboxylic acids is 2. The van der Waals surface area contributed by atoms with Gasteiger partial charge in [0.2, 0.25) is 11.7 Å². The van der Waals surface area contributed by atoms with Crippen LogP contribution in [-0.4, -0.2) is 39.1 Å². The summed E-state index contributed by atoms with van der Waals surface area (Å²) in [5, 5.41) is 0.778. The molecule has 0 unspecified atom stereocenters. The molecule has 0 bridgehead atoms. The van der Waals surface area contributed by atoms with Gasteiger partial charge in [-0.05, 0) is 48.1 Å². The molecule has 0 radical (unpaired) electrons. The van der Waals surface area contributed by atoms with Crippen LogP contribution in [0.2, 0.25) is 10.0 Å². The summed E-state index contributed by atoms with van der Waals surface area (Å²) in [5.41, 5.74) is 4.63. The molecule has 1 saturated heterocycles. The van der Waals surface area contributed by atoms with Gasteiger partial charge in [-0.3, -0.25) is 9.59 Å². The zero-order valence-electron chi connectivity index (χ0n) is 18.4. The third kappa shape index (κ3) is 4.59. The molecule has 1 aromatic heterocycles. The van der Waals surface area contributed by atoms with Gasteiger partial charge in [0.1, 0.15) is 0 Å². The Hall–Kier alpha value is -3.15. The summed E-state index contributed by atoms with van der Waals surface area (Å²) >= 11 is 12.1. The van der Waals surface area contributed by atoms with E-state index in [-0.39, 0.29) is 17.5 Å². The lowest BCUT2D eigenvalue weighted by molar-refractivity contribution is -0.131. The Morgan fingerprint density at radius 2 is 1.68 bits per heavy atom. The number of likely N-dealkylation sites (tertiary alicyclic amines) is 1. The second-order valence-corrected chi connectivity index (χ2v) is 9.36. The summed E-state index contributed by atoms with van der Waals surface area (Å²) in [5.74, 6) is 0.0428. The van der Waals surface area contributed by atoms with Crippen LogP contribution in [0.25, 0.3) is 22.2 Å². The number of Topliss-reactive ketones (excluding diaryl/α,β-unsaturated/α-hetero) is 1. The molecule has 34 heavy (non-hydrogen) atoms. The molecule has 3 aromatic carbocycles. The normalized spacial score (nSPS) is 15.7. The summed E-state index contributed by atoms with van der Waals surface area (Å²) in [6.07, 6.45) is 2.42. The number of benzene rings is 3. The number of aromatic amines is 1. The van der Waals surface area contributed by atoms with Crippen LogP contribution in [0.3, 0.4) is 0 Å². The lowest BCUT2D eigenvalue weighted by Crippen LogP contribution is -2.41. The third-order valence-electron chi connectivity index (χ3n) is 6.32. The maximum absolute atomic E-state index is 13.2. The van der Waals surface area contributed by atoms with Crippen molar-refractivity contribution in [1.29, 1.82) is 0 Å². The van der Waals surface area contributed by atoms with Crippen molar-refractivity contribution in [2.75, 3.05) is 6.54 Å². The number of H-pyrrole nitrogens is 1. The number of hydrogen-bond acceptors (Lipinski definition) is 3. The number of aromatic nitrogens is 2. The van der Waals surface area contributed by atoms with Crippen LogP contribution in [0, 0.1) is 0 Å². The summed E-state index contributed by atoms with van der Waals surface area (Å²) in [7, 11) is 0. The molecular formula is C27H23Cl2N3O2. The number of carbonyl (C=O) groups is 2. The molecule has 7 heteroatoms. The van der Waals surface area contributed by atoms with Crippen molar-refractivity contribution >= 4 is 45.9 Å². The van der Waals surface area contributed by atoms with Crippen LogP contribution in [0.5, 0.6) is 0 Å². The predicted molar refractivity (Wildman–Crippen MR) is 135 cm³/mol. The monoisotopic (exact) mass is 491 g/mol. The Morgan fingerprint density at radius 3 is 2.44 bits per heavy atom. The first-order valence-corrected chi connectivity index (χ1v) is 12.1. The van der Waals surface area contributed by atoms with Crippen molar-refractivity contribution in [3.05, 3.63) is 88.2 Å². The highest BCUT2D eigenvalue weighted by atomic mass is 35.5. The number of halogens is 2. The number of fused-ring (bicyclic) bond motifs is 1. The lowest BCUT2D eigenvalue weighted by atomic mass is 10.0. The minimum atomic E-state index is -0.500. The van der Waals surface area contributed by atoms with Crippen LogP contribution in [0.4, 0.5) is 0 Å². The SMILES string of the molecule is O=C(c1nc2cc(Cl)c(Cl)cc2[nH]1)[C@@H]1CCCN1C(=O)CCc1ccc(-c2ccccc2)cc1. The van der Waals surface area contributed by atoms with Gasteiger partial charge in [0.15, 0.2) is 5.82 Å². The van der Waals surface area contributed by atoms with Crippen LogP contribution in [0.1, 0.15) is 35.4 Å². The molecule has 2 heterocycles. The molecule has 5 nitrogen and oxygen atoms in total. The minimum absolute atomic E-state index is 0.00909. The molecule has 172 valence electrons. The van der Waals surface area contributed by atoms with Crippen molar-refractivity contribution in [1.82, 2.24) is 14.9 Å². The van der Waals surface area contributed by atoms with Gasteiger partial charge < -0.3 is 9.88 Å².